The fourth-order valence-electron chi connectivity index (χ4n) is 0.507. The molecule has 0 aromatic rings. The highest BCUT2D eigenvalue weighted by Gasteiger charge is 2.12. The molecule has 0 radical (unpaired) electrons. The van der Waals surface area contributed by atoms with Gasteiger partial charge in [-0.25, -0.2) is 4.79 Å². The van der Waals surface area contributed by atoms with Gasteiger partial charge in [0.15, 0.2) is 0 Å². The summed E-state index contributed by atoms with van der Waals surface area (Å²) in [5.41, 5.74) is 0.0301. The van der Waals surface area contributed by atoms with Crippen LogP contribution in [0.3, 0.4) is 0 Å². The lowest BCUT2D eigenvalue weighted by Gasteiger charge is -2.01. The van der Waals surface area contributed by atoms with Crippen molar-refractivity contribution in [2.24, 2.45) is 0 Å². The van der Waals surface area contributed by atoms with Crippen molar-refractivity contribution in [1.29, 1.82) is 0 Å². The van der Waals surface area contributed by atoms with E-state index in [2.05, 4.69) is 15.6 Å². The van der Waals surface area contributed by atoms with E-state index in [4.69, 9.17) is 11.9 Å². The Morgan fingerprint density at radius 1 is 1.50 bits per heavy atom. The van der Waals surface area contributed by atoms with E-state index in [1.54, 1.807) is 6.92 Å². The van der Waals surface area contributed by atoms with E-state index in [9.17, 15) is 9.59 Å². The third-order valence-electron chi connectivity index (χ3n) is 1.01. The molecule has 0 rings (SSSR count). The summed E-state index contributed by atoms with van der Waals surface area (Å²) in [4.78, 5) is 21.3. The fourth-order valence-corrected chi connectivity index (χ4v) is 0.561. The van der Waals surface area contributed by atoms with Crippen molar-refractivity contribution in [2.75, 3.05) is 6.61 Å². The van der Waals surface area contributed by atoms with Gasteiger partial charge in [-0.3, -0.25) is 4.79 Å². The number of ether oxygens (including phenoxy) is 1. The summed E-state index contributed by atoms with van der Waals surface area (Å²) in [6, 6.07) is 0. The molecule has 0 fully saturated rings. The second-order valence-corrected chi connectivity index (χ2v) is 2.10. The van der Waals surface area contributed by atoms with E-state index in [-0.39, 0.29) is 18.6 Å². The van der Waals surface area contributed by atoms with Gasteiger partial charge in [0, 0.05) is 5.57 Å². The van der Waals surface area contributed by atoms with Crippen LogP contribution >= 0.6 is 11.9 Å². The maximum Gasteiger partial charge on any atom is 0.333 e. The highest BCUT2D eigenvalue weighted by molar-refractivity contribution is 6.13. The molecule has 12 heavy (non-hydrogen) atoms. The Morgan fingerprint density at radius 3 is 2.50 bits per heavy atom. The lowest BCUT2D eigenvalue weighted by molar-refractivity contribution is -0.141. The summed E-state index contributed by atoms with van der Waals surface area (Å²) in [6.07, 6.45) is -0.248. The highest BCUT2D eigenvalue weighted by Crippen LogP contribution is 2.03. The van der Waals surface area contributed by atoms with Crippen LogP contribution in [0.2, 0.25) is 0 Å². The molecule has 0 spiro atoms. The Kier molecular flexibility index (Phi) is 5.12. The lowest BCUT2D eigenvalue weighted by Crippen LogP contribution is -2.10. The SMILES string of the molecule is C=C(CC(=O)OCl)C(=O)OCC. The van der Waals surface area contributed by atoms with E-state index >= 15 is 0 Å². The normalized spacial score (nSPS) is 8.83. The Balaban J connectivity index is 3.87. The van der Waals surface area contributed by atoms with E-state index < -0.39 is 11.9 Å². The molecule has 0 aliphatic rings. The molecule has 0 saturated heterocycles. The van der Waals surface area contributed by atoms with E-state index in [1.165, 1.54) is 0 Å². The summed E-state index contributed by atoms with van der Waals surface area (Å²) < 4.78 is 8.37. The molecule has 5 heteroatoms. The first-order valence-electron chi connectivity index (χ1n) is 3.28. The van der Waals surface area contributed by atoms with Crippen LogP contribution in [0.1, 0.15) is 13.3 Å². The van der Waals surface area contributed by atoms with Crippen molar-refractivity contribution < 1.29 is 18.6 Å². The zero-order chi connectivity index (χ0) is 9.56. The first-order chi connectivity index (χ1) is 5.61. The van der Waals surface area contributed by atoms with Gasteiger partial charge in [-0.2, -0.15) is 0 Å². The molecule has 0 aliphatic carbocycles. The van der Waals surface area contributed by atoms with Crippen molar-refractivity contribution in [3.63, 3.8) is 0 Å². The second-order valence-electron chi connectivity index (χ2n) is 1.95. The molecule has 0 bridgehead atoms. The average Bonchev–Trinajstić information content (AvgIpc) is 2.04. The van der Waals surface area contributed by atoms with Gasteiger partial charge in [0.25, 0.3) is 0 Å². The Bertz CT molecular complexity index is 200. The molecule has 0 aromatic heterocycles. The number of carbonyl (C=O) groups is 2. The molecular weight excluding hydrogens is 184 g/mol. The molecule has 0 unspecified atom stereocenters. The predicted molar refractivity (Wildman–Crippen MR) is 42.3 cm³/mol. The first-order valence-corrected chi connectivity index (χ1v) is 3.59. The van der Waals surface area contributed by atoms with E-state index in [0.29, 0.717) is 0 Å². The number of halogens is 1. The molecule has 68 valence electrons. The molecule has 0 N–H and O–H groups in total. The van der Waals surface area contributed by atoms with Gasteiger partial charge in [-0.05, 0) is 6.92 Å². The van der Waals surface area contributed by atoms with Crippen LogP contribution in [0.5, 0.6) is 0 Å². The quantitative estimate of drug-likeness (QED) is 0.496. The number of rotatable bonds is 4. The van der Waals surface area contributed by atoms with Crippen LogP contribution < -0.4 is 0 Å². The second kappa shape index (κ2) is 5.60. The molecule has 0 saturated carbocycles. The molecule has 0 amide bonds. The topological polar surface area (TPSA) is 52.6 Å². The fraction of sp³-hybridized carbons (Fsp3) is 0.429. The standard InChI is InChI=1S/C7H9ClO4/c1-3-11-7(10)5(2)4-6(9)12-8/h2-4H2,1H3. The maximum atomic E-state index is 10.8. The summed E-state index contributed by atoms with van der Waals surface area (Å²) in [5, 5.41) is 0. The minimum atomic E-state index is -0.727. The van der Waals surface area contributed by atoms with Gasteiger partial charge in [0.2, 0.25) is 0 Å². The lowest BCUT2D eigenvalue weighted by atomic mass is 10.2. The van der Waals surface area contributed by atoms with Gasteiger partial charge >= 0.3 is 11.9 Å². The third-order valence-corrected chi connectivity index (χ3v) is 1.18. The average molecular weight is 193 g/mol. The molecular formula is C7H9ClO4. The van der Waals surface area contributed by atoms with Crippen LogP contribution in [-0.4, -0.2) is 18.5 Å². The summed E-state index contributed by atoms with van der Waals surface area (Å²) in [6.45, 7) is 5.23. The van der Waals surface area contributed by atoms with Gasteiger partial charge in [-0.15, -0.1) is 0 Å². The maximum absolute atomic E-state index is 10.8. The Morgan fingerprint density at radius 2 is 2.08 bits per heavy atom. The van der Waals surface area contributed by atoms with Crippen LogP contribution in [0.4, 0.5) is 0 Å². The van der Waals surface area contributed by atoms with Crippen molar-refractivity contribution in [3.05, 3.63) is 12.2 Å². The summed E-state index contributed by atoms with van der Waals surface area (Å²) in [5.74, 6) is -1.34. The number of hydrogen-bond donors (Lipinski definition) is 0. The van der Waals surface area contributed by atoms with E-state index in [0.717, 1.165) is 0 Å². The predicted octanol–water partition coefficient (Wildman–Crippen LogP) is 1.19. The Hall–Kier alpha value is -1.03. The zero-order valence-corrected chi connectivity index (χ0v) is 7.39. The van der Waals surface area contributed by atoms with Crippen molar-refractivity contribution >= 4 is 23.8 Å². The summed E-state index contributed by atoms with van der Waals surface area (Å²) >= 11 is 4.74. The molecule has 0 heterocycles. The van der Waals surface area contributed by atoms with Crippen LogP contribution in [0, 0.1) is 0 Å². The summed E-state index contributed by atoms with van der Waals surface area (Å²) in [7, 11) is 0. The van der Waals surface area contributed by atoms with Gasteiger partial charge in [-0.1, -0.05) is 6.58 Å². The van der Waals surface area contributed by atoms with Gasteiger partial charge in [0.1, 0.15) is 11.9 Å². The molecule has 0 aliphatic heterocycles. The van der Waals surface area contributed by atoms with Crippen LogP contribution in [-0.2, 0) is 18.6 Å². The van der Waals surface area contributed by atoms with Gasteiger partial charge < -0.3 is 9.03 Å². The van der Waals surface area contributed by atoms with Crippen molar-refractivity contribution in [3.8, 4) is 0 Å². The Labute approximate surface area is 75.3 Å². The molecule has 0 atom stereocenters. The zero-order valence-electron chi connectivity index (χ0n) is 6.63. The largest absolute Gasteiger partial charge is 0.463 e. The monoisotopic (exact) mass is 192 g/mol. The number of esters is 1. The highest BCUT2D eigenvalue weighted by atomic mass is 35.5. The molecule has 4 nitrogen and oxygen atoms in total. The number of hydrogen-bond acceptors (Lipinski definition) is 4. The van der Waals surface area contributed by atoms with Crippen LogP contribution in [0.15, 0.2) is 12.2 Å². The van der Waals surface area contributed by atoms with Crippen molar-refractivity contribution in [2.45, 2.75) is 13.3 Å². The first kappa shape index (κ1) is 11.0. The van der Waals surface area contributed by atoms with Gasteiger partial charge in [0.05, 0.1) is 13.0 Å². The molecule has 0 aromatic carbocycles. The van der Waals surface area contributed by atoms with Crippen molar-refractivity contribution in [1.82, 2.24) is 0 Å². The van der Waals surface area contributed by atoms with E-state index in [1.807, 2.05) is 0 Å². The minimum absolute atomic E-state index is 0.0301. The third kappa shape index (κ3) is 3.98. The number of carbonyl (C=O) groups excluding carboxylic acids is 2. The minimum Gasteiger partial charge on any atom is -0.463 e. The smallest absolute Gasteiger partial charge is 0.333 e. The van der Waals surface area contributed by atoms with Crippen LogP contribution in [0.25, 0.3) is 0 Å².